The van der Waals surface area contributed by atoms with E-state index in [1.54, 1.807) is 6.20 Å². The monoisotopic (exact) mass is 270 g/mol. The van der Waals surface area contributed by atoms with Gasteiger partial charge in [0.25, 0.3) is 0 Å². The van der Waals surface area contributed by atoms with Gasteiger partial charge in [-0.2, -0.15) is 0 Å². The average molecular weight is 270 g/mol. The molecule has 0 spiro atoms. The van der Waals surface area contributed by atoms with Crippen molar-refractivity contribution >= 4 is 6.08 Å². The summed E-state index contributed by atoms with van der Waals surface area (Å²) >= 11 is 0. The second kappa shape index (κ2) is 7.65. The van der Waals surface area contributed by atoms with Gasteiger partial charge in [-0.1, -0.05) is 19.4 Å². The van der Waals surface area contributed by atoms with Crippen LogP contribution in [0.25, 0.3) is 17.4 Å². The Balaban J connectivity index is 2.07. The molecule has 0 radical (unpaired) electrons. The first-order valence-corrected chi connectivity index (χ1v) is 7.24. The number of hydrogen-bond donors (Lipinski definition) is 1. The van der Waals surface area contributed by atoms with Crippen LogP contribution in [0.3, 0.4) is 0 Å². The first kappa shape index (κ1) is 14.5. The summed E-state index contributed by atoms with van der Waals surface area (Å²) in [5, 5.41) is 3.42. The van der Waals surface area contributed by atoms with E-state index in [9.17, 15) is 0 Å². The summed E-state index contributed by atoms with van der Waals surface area (Å²) in [6, 6.07) is 7.93. The Bertz CT molecular complexity index is 543. The molecule has 0 bridgehead atoms. The molecule has 1 N–H and O–H groups in total. The number of furan rings is 1. The van der Waals surface area contributed by atoms with E-state index in [1.165, 1.54) is 5.57 Å². The summed E-state index contributed by atoms with van der Waals surface area (Å²) in [5.74, 6) is 1.76. The topological polar surface area (TPSA) is 38.1 Å². The molecule has 0 aliphatic rings. The van der Waals surface area contributed by atoms with Gasteiger partial charge in [0.1, 0.15) is 11.5 Å². The minimum absolute atomic E-state index is 0.862. The lowest BCUT2D eigenvalue weighted by Gasteiger charge is -2.05. The number of nitrogens with one attached hydrogen (secondary N) is 1. The average Bonchev–Trinajstić information content (AvgIpc) is 2.96. The molecule has 0 aromatic carbocycles. The third kappa shape index (κ3) is 4.07. The minimum atomic E-state index is 0.862. The van der Waals surface area contributed by atoms with Crippen LogP contribution in [0.1, 0.15) is 32.4 Å². The molecular weight excluding hydrogens is 248 g/mol. The Morgan fingerprint density at radius 3 is 2.90 bits per heavy atom. The lowest BCUT2D eigenvalue weighted by molar-refractivity contribution is 0.570. The highest BCUT2D eigenvalue weighted by molar-refractivity contribution is 5.59. The Labute approximate surface area is 120 Å². The van der Waals surface area contributed by atoms with E-state index >= 15 is 0 Å². The molecule has 2 heterocycles. The Hall–Kier alpha value is -1.87. The van der Waals surface area contributed by atoms with E-state index in [4.69, 9.17) is 4.42 Å². The smallest absolute Gasteiger partial charge is 0.136 e. The zero-order valence-corrected chi connectivity index (χ0v) is 12.2. The number of hydrogen-bond acceptors (Lipinski definition) is 3. The van der Waals surface area contributed by atoms with Crippen LogP contribution in [0.15, 0.2) is 46.6 Å². The molecule has 3 nitrogen and oxygen atoms in total. The number of pyridine rings is 1. The highest BCUT2D eigenvalue weighted by Crippen LogP contribution is 2.22. The molecule has 2 aromatic heterocycles. The van der Waals surface area contributed by atoms with Crippen LogP contribution in [-0.4, -0.2) is 18.1 Å². The van der Waals surface area contributed by atoms with Gasteiger partial charge >= 0.3 is 0 Å². The third-order valence-electron chi connectivity index (χ3n) is 3.15. The molecule has 0 saturated heterocycles. The molecule has 0 amide bonds. The minimum Gasteiger partial charge on any atom is -0.457 e. The van der Waals surface area contributed by atoms with E-state index in [0.29, 0.717) is 0 Å². The van der Waals surface area contributed by atoms with Crippen LogP contribution in [0.5, 0.6) is 0 Å². The molecule has 0 unspecified atom stereocenters. The van der Waals surface area contributed by atoms with E-state index < -0.39 is 0 Å². The largest absolute Gasteiger partial charge is 0.457 e. The van der Waals surface area contributed by atoms with E-state index in [2.05, 4.69) is 30.2 Å². The summed E-state index contributed by atoms with van der Waals surface area (Å²) in [7, 11) is 0. The molecule has 0 saturated carbocycles. The summed E-state index contributed by atoms with van der Waals surface area (Å²) in [6.45, 7) is 6.32. The van der Waals surface area contributed by atoms with Crippen LogP contribution in [0, 0.1) is 0 Å². The van der Waals surface area contributed by atoms with Gasteiger partial charge < -0.3 is 9.73 Å². The first-order chi connectivity index (χ1) is 9.83. The number of aromatic nitrogens is 1. The molecule has 2 aromatic rings. The SMILES string of the molecule is CCCNCC(=Cc1ccc(-c2cccnc2)o1)CC. The van der Waals surface area contributed by atoms with Crippen LogP contribution >= 0.6 is 0 Å². The van der Waals surface area contributed by atoms with Crippen LogP contribution < -0.4 is 5.32 Å². The normalized spacial score (nSPS) is 11.8. The van der Waals surface area contributed by atoms with E-state index in [0.717, 1.165) is 43.0 Å². The molecule has 0 aliphatic heterocycles. The van der Waals surface area contributed by atoms with Gasteiger partial charge in [-0.15, -0.1) is 0 Å². The van der Waals surface area contributed by atoms with Gasteiger partial charge in [0.05, 0.1) is 0 Å². The van der Waals surface area contributed by atoms with Crippen molar-refractivity contribution < 1.29 is 4.42 Å². The fourth-order valence-corrected chi connectivity index (χ4v) is 2.00. The Kier molecular flexibility index (Phi) is 5.56. The van der Waals surface area contributed by atoms with Gasteiger partial charge in [0, 0.05) is 24.5 Å². The highest BCUT2D eigenvalue weighted by atomic mass is 16.3. The van der Waals surface area contributed by atoms with Gasteiger partial charge in [0.2, 0.25) is 0 Å². The number of nitrogens with zero attached hydrogens (tertiary/aromatic N) is 1. The van der Waals surface area contributed by atoms with Crippen molar-refractivity contribution in [3.63, 3.8) is 0 Å². The predicted molar refractivity (Wildman–Crippen MR) is 83.4 cm³/mol. The Morgan fingerprint density at radius 1 is 1.30 bits per heavy atom. The van der Waals surface area contributed by atoms with Crippen molar-refractivity contribution in [2.24, 2.45) is 0 Å². The number of rotatable bonds is 7. The molecule has 0 aliphatic carbocycles. The van der Waals surface area contributed by atoms with Crippen molar-refractivity contribution in [1.29, 1.82) is 0 Å². The molecule has 3 heteroatoms. The fourth-order valence-electron chi connectivity index (χ4n) is 2.00. The second-order valence-corrected chi connectivity index (χ2v) is 4.78. The lowest BCUT2D eigenvalue weighted by Crippen LogP contribution is -2.17. The summed E-state index contributed by atoms with van der Waals surface area (Å²) < 4.78 is 5.86. The zero-order valence-electron chi connectivity index (χ0n) is 12.2. The third-order valence-corrected chi connectivity index (χ3v) is 3.15. The summed E-state index contributed by atoms with van der Waals surface area (Å²) in [4.78, 5) is 4.11. The van der Waals surface area contributed by atoms with Gasteiger partial charge in [-0.05, 0) is 49.7 Å². The van der Waals surface area contributed by atoms with Crippen LogP contribution in [-0.2, 0) is 0 Å². The molecule has 0 atom stereocenters. The maximum absolute atomic E-state index is 5.86. The summed E-state index contributed by atoms with van der Waals surface area (Å²) in [6.07, 6.45) is 7.89. The van der Waals surface area contributed by atoms with Gasteiger partial charge in [0.15, 0.2) is 0 Å². The van der Waals surface area contributed by atoms with Crippen molar-refractivity contribution in [3.8, 4) is 11.3 Å². The van der Waals surface area contributed by atoms with Crippen LogP contribution in [0.2, 0.25) is 0 Å². The second-order valence-electron chi connectivity index (χ2n) is 4.78. The summed E-state index contributed by atoms with van der Waals surface area (Å²) in [5.41, 5.74) is 2.36. The highest BCUT2D eigenvalue weighted by Gasteiger charge is 2.04. The van der Waals surface area contributed by atoms with E-state index in [1.807, 2.05) is 30.5 Å². The fraction of sp³-hybridized carbons (Fsp3) is 0.353. The maximum Gasteiger partial charge on any atom is 0.136 e. The lowest BCUT2D eigenvalue weighted by atomic mass is 10.1. The van der Waals surface area contributed by atoms with Crippen molar-refractivity contribution in [2.75, 3.05) is 13.1 Å². The van der Waals surface area contributed by atoms with Crippen molar-refractivity contribution in [2.45, 2.75) is 26.7 Å². The van der Waals surface area contributed by atoms with Crippen molar-refractivity contribution in [1.82, 2.24) is 10.3 Å². The quantitative estimate of drug-likeness (QED) is 0.769. The molecule has 0 fully saturated rings. The zero-order chi connectivity index (χ0) is 14.2. The first-order valence-electron chi connectivity index (χ1n) is 7.24. The molecule has 106 valence electrons. The van der Waals surface area contributed by atoms with Gasteiger partial charge in [-0.25, -0.2) is 0 Å². The predicted octanol–water partition coefficient (Wildman–Crippen LogP) is 4.13. The van der Waals surface area contributed by atoms with E-state index in [-0.39, 0.29) is 0 Å². The molecular formula is C17H22N2O. The van der Waals surface area contributed by atoms with Crippen LogP contribution in [0.4, 0.5) is 0 Å². The Morgan fingerprint density at radius 2 is 2.20 bits per heavy atom. The standard InChI is InChI=1S/C17H22N2O/c1-3-9-18-12-14(4-2)11-16-7-8-17(20-16)15-6-5-10-19-13-15/h5-8,10-11,13,18H,3-4,9,12H2,1-2H3. The maximum atomic E-state index is 5.86. The molecule has 2 rings (SSSR count). The van der Waals surface area contributed by atoms with Crippen molar-refractivity contribution in [3.05, 3.63) is 48.0 Å². The van der Waals surface area contributed by atoms with Gasteiger partial charge in [-0.3, -0.25) is 4.98 Å². The molecule has 20 heavy (non-hydrogen) atoms.